The molecular weight excluding hydrogens is 388 g/mol. The number of fused-ring (bicyclic) bond motifs is 5. The first-order valence-corrected chi connectivity index (χ1v) is 14.1. The highest BCUT2D eigenvalue weighted by Crippen LogP contribution is 2.67. The Balaban J connectivity index is 1.44. The first kappa shape index (κ1) is 24.6. The van der Waals surface area contributed by atoms with E-state index in [9.17, 15) is 0 Å². The van der Waals surface area contributed by atoms with Gasteiger partial charge < -0.3 is 4.74 Å². The molecule has 0 radical (unpaired) electrons. The zero-order valence-corrected chi connectivity index (χ0v) is 22.2. The van der Waals surface area contributed by atoms with Crippen molar-refractivity contribution < 1.29 is 4.74 Å². The van der Waals surface area contributed by atoms with Crippen LogP contribution in [0.2, 0.25) is 0 Å². The molecule has 0 aromatic rings. The van der Waals surface area contributed by atoms with Crippen molar-refractivity contribution in [2.24, 2.45) is 46.3 Å². The summed E-state index contributed by atoms with van der Waals surface area (Å²) in [5.74, 6) is 5.54. The maximum absolute atomic E-state index is 6.21. The van der Waals surface area contributed by atoms with Crippen molar-refractivity contribution in [3.8, 4) is 0 Å². The van der Waals surface area contributed by atoms with Crippen molar-refractivity contribution in [1.82, 2.24) is 0 Å². The Labute approximate surface area is 199 Å². The van der Waals surface area contributed by atoms with Crippen molar-refractivity contribution in [2.75, 3.05) is 6.61 Å². The van der Waals surface area contributed by atoms with Gasteiger partial charge in [-0.2, -0.15) is 0 Å². The molecule has 0 bridgehead atoms. The van der Waals surface area contributed by atoms with Gasteiger partial charge in [0.1, 0.15) is 0 Å². The van der Waals surface area contributed by atoms with Crippen LogP contribution in [0.5, 0.6) is 0 Å². The van der Waals surface area contributed by atoms with Crippen LogP contribution in [0, 0.1) is 46.3 Å². The van der Waals surface area contributed by atoms with Crippen LogP contribution in [-0.2, 0) is 4.74 Å². The summed E-state index contributed by atoms with van der Waals surface area (Å²) in [7, 11) is 0. The molecule has 0 unspecified atom stereocenters. The Morgan fingerprint density at radius 1 is 1.06 bits per heavy atom. The van der Waals surface area contributed by atoms with Gasteiger partial charge in [0.2, 0.25) is 0 Å². The zero-order valence-electron chi connectivity index (χ0n) is 22.2. The molecule has 4 rings (SSSR count). The van der Waals surface area contributed by atoms with E-state index in [0.29, 0.717) is 16.9 Å². The molecule has 4 aliphatic rings. The Morgan fingerprint density at radius 3 is 2.56 bits per heavy atom. The second-order valence-electron chi connectivity index (χ2n) is 13.4. The van der Waals surface area contributed by atoms with E-state index in [1.54, 1.807) is 5.57 Å². The Kier molecular flexibility index (Phi) is 7.36. The monoisotopic (exact) mass is 440 g/mol. The lowest BCUT2D eigenvalue weighted by molar-refractivity contribution is -0.0624. The lowest BCUT2D eigenvalue weighted by Crippen LogP contribution is -2.51. The summed E-state index contributed by atoms with van der Waals surface area (Å²) in [6.45, 7) is 19.5. The molecule has 0 N–H and O–H groups in total. The fourth-order valence-corrected chi connectivity index (χ4v) is 9.05. The lowest BCUT2D eigenvalue weighted by Gasteiger charge is -2.58. The van der Waals surface area contributed by atoms with Gasteiger partial charge in [0.15, 0.2) is 0 Å². The predicted octanol–water partition coefficient (Wildman–Crippen LogP) is 8.99. The molecule has 1 heteroatoms. The van der Waals surface area contributed by atoms with Crippen LogP contribution in [0.1, 0.15) is 112 Å². The van der Waals surface area contributed by atoms with Gasteiger partial charge in [-0.05, 0) is 105 Å². The van der Waals surface area contributed by atoms with Gasteiger partial charge in [-0.1, -0.05) is 77.7 Å². The van der Waals surface area contributed by atoms with Crippen molar-refractivity contribution in [3.05, 3.63) is 23.8 Å². The Morgan fingerprint density at radius 2 is 1.84 bits per heavy atom. The first-order chi connectivity index (χ1) is 15.1. The minimum atomic E-state index is 0.416. The summed E-state index contributed by atoms with van der Waals surface area (Å²) < 4.78 is 6.21. The van der Waals surface area contributed by atoms with Crippen LogP contribution in [0.15, 0.2) is 23.8 Å². The molecule has 0 aliphatic heterocycles. The third kappa shape index (κ3) is 4.54. The van der Waals surface area contributed by atoms with Gasteiger partial charge in [-0.15, -0.1) is 0 Å². The van der Waals surface area contributed by atoms with Gasteiger partial charge in [-0.25, -0.2) is 0 Å². The quantitative estimate of drug-likeness (QED) is 0.342. The third-order valence-corrected chi connectivity index (χ3v) is 10.8. The summed E-state index contributed by atoms with van der Waals surface area (Å²) in [6, 6.07) is 0. The summed E-state index contributed by atoms with van der Waals surface area (Å²) in [5, 5.41) is 0. The third-order valence-electron chi connectivity index (χ3n) is 10.8. The van der Waals surface area contributed by atoms with Crippen LogP contribution < -0.4 is 0 Å². The minimum Gasteiger partial charge on any atom is -0.374 e. The molecule has 4 aliphatic carbocycles. The molecule has 0 aromatic carbocycles. The first-order valence-electron chi connectivity index (χ1n) is 14.1. The molecule has 0 heterocycles. The molecular formula is C31H52O. The fourth-order valence-electron chi connectivity index (χ4n) is 9.05. The number of rotatable bonds is 8. The molecule has 0 spiro atoms. The van der Waals surface area contributed by atoms with Crippen LogP contribution in [0.25, 0.3) is 0 Å². The van der Waals surface area contributed by atoms with E-state index in [1.807, 2.05) is 0 Å². The maximum atomic E-state index is 6.21. The molecule has 32 heavy (non-hydrogen) atoms. The summed E-state index contributed by atoms with van der Waals surface area (Å²) in [6.07, 6.45) is 18.4. The molecule has 0 aromatic heterocycles. The SMILES string of the molecule is C=C(C)CO[C@H]1CC[C@@]2(C)C(=CC[C@H]3[C@@H]4CC[C@H]([C@H](C)CCCC(C)C)[C@@]4(C)CC[C@@H]32)C1. The maximum Gasteiger partial charge on any atom is 0.0675 e. The van der Waals surface area contributed by atoms with Crippen molar-refractivity contribution in [1.29, 1.82) is 0 Å². The lowest BCUT2D eigenvalue weighted by atomic mass is 9.47. The van der Waals surface area contributed by atoms with Crippen LogP contribution >= 0.6 is 0 Å². The topological polar surface area (TPSA) is 9.23 Å². The standard InChI is InChI=1S/C31H52O/c1-21(2)9-8-10-23(5)27-13-14-28-26-12-11-24-19-25(32-20-22(3)4)15-17-30(24,6)29(26)16-18-31(27,28)7/h11,21,23,25-29H,3,8-10,12-20H2,1-2,4-7H3/t23-,25+,26+,27-,28+,29+,30+,31-/m1/s1. The number of allylic oxidation sites excluding steroid dienone is 1. The molecule has 1 nitrogen and oxygen atoms in total. The van der Waals surface area contributed by atoms with E-state index < -0.39 is 0 Å². The molecule has 182 valence electrons. The van der Waals surface area contributed by atoms with E-state index in [2.05, 4.69) is 54.2 Å². The molecule has 0 saturated heterocycles. The predicted molar refractivity (Wildman–Crippen MR) is 138 cm³/mol. The average molecular weight is 441 g/mol. The van der Waals surface area contributed by atoms with Crippen LogP contribution in [-0.4, -0.2) is 12.7 Å². The van der Waals surface area contributed by atoms with Crippen molar-refractivity contribution in [3.63, 3.8) is 0 Å². The summed E-state index contributed by atoms with van der Waals surface area (Å²) in [5.41, 5.74) is 3.93. The van der Waals surface area contributed by atoms with Gasteiger partial charge in [0, 0.05) is 0 Å². The van der Waals surface area contributed by atoms with Crippen LogP contribution in [0.4, 0.5) is 0 Å². The largest absolute Gasteiger partial charge is 0.374 e. The normalized spacial score (nSPS) is 42.1. The highest BCUT2D eigenvalue weighted by molar-refractivity contribution is 5.25. The van der Waals surface area contributed by atoms with Gasteiger partial charge in [-0.3, -0.25) is 0 Å². The van der Waals surface area contributed by atoms with Gasteiger partial charge in [0.05, 0.1) is 12.7 Å². The van der Waals surface area contributed by atoms with Gasteiger partial charge >= 0.3 is 0 Å². The molecule has 3 fully saturated rings. The minimum absolute atomic E-state index is 0.416. The summed E-state index contributed by atoms with van der Waals surface area (Å²) >= 11 is 0. The number of ether oxygens (including phenoxy) is 1. The Hall–Kier alpha value is -0.560. The van der Waals surface area contributed by atoms with E-state index >= 15 is 0 Å². The number of hydrogen-bond acceptors (Lipinski definition) is 1. The van der Waals surface area contributed by atoms with Crippen molar-refractivity contribution in [2.45, 2.75) is 118 Å². The van der Waals surface area contributed by atoms with E-state index in [1.165, 1.54) is 70.6 Å². The second-order valence-corrected chi connectivity index (χ2v) is 13.4. The van der Waals surface area contributed by atoms with E-state index in [-0.39, 0.29) is 0 Å². The van der Waals surface area contributed by atoms with Crippen LogP contribution in [0.3, 0.4) is 0 Å². The molecule has 8 atom stereocenters. The average Bonchev–Trinajstić information content (AvgIpc) is 3.09. The van der Waals surface area contributed by atoms with E-state index in [4.69, 9.17) is 4.74 Å². The number of hydrogen-bond donors (Lipinski definition) is 0. The highest BCUT2D eigenvalue weighted by Gasteiger charge is 2.59. The fraction of sp³-hybridized carbons (Fsp3) is 0.871. The molecule has 3 saturated carbocycles. The summed E-state index contributed by atoms with van der Waals surface area (Å²) in [4.78, 5) is 0. The smallest absolute Gasteiger partial charge is 0.0675 e. The van der Waals surface area contributed by atoms with Gasteiger partial charge in [0.25, 0.3) is 0 Å². The molecule has 0 amide bonds. The zero-order chi connectivity index (χ0) is 23.1. The second kappa shape index (κ2) is 9.59. The Bertz CT molecular complexity index is 703. The van der Waals surface area contributed by atoms with E-state index in [0.717, 1.165) is 47.7 Å². The highest BCUT2D eigenvalue weighted by atomic mass is 16.5. The van der Waals surface area contributed by atoms with Crippen molar-refractivity contribution >= 4 is 0 Å².